The van der Waals surface area contributed by atoms with E-state index in [1.54, 1.807) is 19.2 Å². The zero-order valence-electron chi connectivity index (χ0n) is 18.1. The lowest BCUT2D eigenvalue weighted by Crippen LogP contribution is -2.41. The van der Waals surface area contributed by atoms with Gasteiger partial charge in [-0.05, 0) is 55.1 Å². The van der Waals surface area contributed by atoms with E-state index in [0.717, 1.165) is 31.5 Å². The van der Waals surface area contributed by atoms with Gasteiger partial charge in [-0.25, -0.2) is 4.39 Å². The minimum Gasteiger partial charge on any atom is -0.493 e. The molecule has 0 radical (unpaired) electrons. The molecule has 7 heteroatoms. The summed E-state index contributed by atoms with van der Waals surface area (Å²) in [5, 5.41) is 23.2. The first-order valence-corrected chi connectivity index (χ1v) is 10.9. The lowest BCUT2D eigenvalue weighted by molar-refractivity contribution is 0.0333. The van der Waals surface area contributed by atoms with Crippen molar-refractivity contribution in [1.82, 2.24) is 10.2 Å². The molecule has 0 amide bonds. The second-order valence-corrected chi connectivity index (χ2v) is 8.00. The van der Waals surface area contributed by atoms with Gasteiger partial charge in [0.15, 0.2) is 11.5 Å². The SMILES string of the molecule is COc1cc(CNCCc2ccccc2F)ccc1OC[C@H](O)CN1CCC(O)CC1. The first kappa shape index (κ1) is 23.5. The van der Waals surface area contributed by atoms with Crippen LogP contribution >= 0.6 is 0 Å². The van der Waals surface area contributed by atoms with E-state index < -0.39 is 6.10 Å². The van der Waals surface area contributed by atoms with Gasteiger partial charge in [0.25, 0.3) is 0 Å². The zero-order chi connectivity index (χ0) is 22.1. The van der Waals surface area contributed by atoms with E-state index in [4.69, 9.17) is 9.47 Å². The number of rotatable bonds is 11. The summed E-state index contributed by atoms with van der Waals surface area (Å²) < 4.78 is 24.9. The molecule has 31 heavy (non-hydrogen) atoms. The van der Waals surface area contributed by atoms with Crippen LogP contribution in [0.3, 0.4) is 0 Å². The monoisotopic (exact) mass is 432 g/mol. The van der Waals surface area contributed by atoms with Crippen LogP contribution in [0.5, 0.6) is 11.5 Å². The molecule has 0 spiro atoms. The van der Waals surface area contributed by atoms with Crippen molar-refractivity contribution in [2.45, 2.75) is 38.0 Å². The molecule has 170 valence electrons. The Kier molecular flexibility index (Phi) is 9.09. The van der Waals surface area contributed by atoms with Gasteiger partial charge in [0.05, 0.1) is 13.2 Å². The number of benzene rings is 2. The molecule has 0 bridgehead atoms. The van der Waals surface area contributed by atoms with Gasteiger partial charge in [0.2, 0.25) is 0 Å². The van der Waals surface area contributed by atoms with Crippen LogP contribution in [0.1, 0.15) is 24.0 Å². The normalized spacial score (nSPS) is 16.3. The number of piperidine rings is 1. The summed E-state index contributed by atoms with van der Waals surface area (Å²) >= 11 is 0. The fourth-order valence-electron chi connectivity index (χ4n) is 3.74. The number of nitrogens with one attached hydrogen (secondary N) is 1. The van der Waals surface area contributed by atoms with E-state index in [-0.39, 0.29) is 18.5 Å². The average Bonchev–Trinajstić information content (AvgIpc) is 2.78. The van der Waals surface area contributed by atoms with Crippen LogP contribution in [0.2, 0.25) is 0 Å². The van der Waals surface area contributed by atoms with Gasteiger partial charge < -0.3 is 29.9 Å². The van der Waals surface area contributed by atoms with Crippen LogP contribution in [0.25, 0.3) is 0 Å². The minimum atomic E-state index is -0.611. The molecule has 0 aromatic heterocycles. The van der Waals surface area contributed by atoms with Crippen LogP contribution in [0, 0.1) is 5.82 Å². The Bertz CT molecular complexity index is 812. The second kappa shape index (κ2) is 12.0. The Morgan fingerprint density at radius 1 is 1.16 bits per heavy atom. The predicted molar refractivity (Wildman–Crippen MR) is 118 cm³/mol. The van der Waals surface area contributed by atoms with Crippen molar-refractivity contribution in [3.8, 4) is 11.5 Å². The van der Waals surface area contributed by atoms with Crippen LogP contribution in [-0.4, -0.2) is 67.2 Å². The summed E-state index contributed by atoms with van der Waals surface area (Å²) in [5.41, 5.74) is 1.74. The van der Waals surface area contributed by atoms with Crippen molar-refractivity contribution in [3.63, 3.8) is 0 Å². The molecular weight excluding hydrogens is 399 g/mol. The number of hydrogen-bond donors (Lipinski definition) is 3. The first-order valence-electron chi connectivity index (χ1n) is 10.9. The minimum absolute atomic E-state index is 0.174. The summed E-state index contributed by atoms with van der Waals surface area (Å²) in [7, 11) is 1.59. The molecule has 3 N–H and O–H groups in total. The number of aliphatic hydroxyl groups is 2. The summed E-state index contributed by atoms with van der Waals surface area (Å²) in [6, 6.07) is 12.5. The summed E-state index contributed by atoms with van der Waals surface area (Å²) in [6.45, 7) is 3.59. The van der Waals surface area contributed by atoms with Crippen LogP contribution < -0.4 is 14.8 Å². The maximum atomic E-state index is 13.7. The highest BCUT2D eigenvalue weighted by molar-refractivity contribution is 5.43. The molecule has 6 nitrogen and oxygen atoms in total. The third-order valence-electron chi connectivity index (χ3n) is 5.54. The number of β-amino-alcohol motifs (C(OH)–C–C–N with tert-alkyl or cyclic N) is 1. The molecule has 3 rings (SSSR count). The van der Waals surface area contributed by atoms with Crippen LogP contribution in [0.15, 0.2) is 42.5 Å². The van der Waals surface area contributed by atoms with Crippen molar-refractivity contribution in [2.24, 2.45) is 0 Å². The Hall–Kier alpha value is -2.19. The van der Waals surface area contributed by atoms with E-state index in [1.807, 2.05) is 24.3 Å². The summed E-state index contributed by atoms with van der Waals surface area (Å²) in [5.74, 6) is 1.03. The number of likely N-dealkylation sites (tertiary alicyclic amines) is 1. The van der Waals surface area contributed by atoms with Gasteiger partial charge in [-0.3, -0.25) is 0 Å². The van der Waals surface area contributed by atoms with Gasteiger partial charge in [0.1, 0.15) is 18.5 Å². The van der Waals surface area contributed by atoms with Gasteiger partial charge in [-0.15, -0.1) is 0 Å². The fraction of sp³-hybridized carbons (Fsp3) is 0.500. The molecule has 2 aromatic rings. The van der Waals surface area contributed by atoms with E-state index >= 15 is 0 Å². The molecule has 0 unspecified atom stereocenters. The van der Waals surface area contributed by atoms with Crippen molar-refractivity contribution >= 4 is 0 Å². The molecule has 0 aliphatic carbocycles. The van der Waals surface area contributed by atoms with Gasteiger partial charge in [0, 0.05) is 26.2 Å². The number of hydrogen-bond acceptors (Lipinski definition) is 6. The summed E-state index contributed by atoms with van der Waals surface area (Å²) in [4.78, 5) is 2.15. The highest BCUT2D eigenvalue weighted by Gasteiger charge is 2.20. The Labute approximate surface area is 183 Å². The molecule has 2 aromatic carbocycles. The Morgan fingerprint density at radius 3 is 2.68 bits per heavy atom. The van der Waals surface area contributed by atoms with Gasteiger partial charge in [-0.1, -0.05) is 24.3 Å². The van der Waals surface area contributed by atoms with Gasteiger partial charge >= 0.3 is 0 Å². The van der Waals surface area contributed by atoms with Crippen molar-refractivity contribution in [3.05, 3.63) is 59.4 Å². The highest BCUT2D eigenvalue weighted by atomic mass is 19.1. The lowest BCUT2D eigenvalue weighted by Gasteiger charge is -2.30. The average molecular weight is 433 g/mol. The maximum absolute atomic E-state index is 13.7. The fourth-order valence-corrected chi connectivity index (χ4v) is 3.74. The lowest BCUT2D eigenvalue weighted by atomic mass is 10.1. The predicted octanol–water partition coefficient (Wildman–Crippen LogP) is 2.36. The molecule has 1 fully saturated rings. The summed E-state index contributed by atoms with van der Waals surface area (Å²) in [6.07, 6.45) is 1.29. The number of nitrogens with zero attached hydrogens (tertiary/aromatic N) is 1. The zero-order valence-corrected chi connectivity index (χ0v) is 18.1. The highest BCUT2D eigenvalue weighted by Crippen LogP contribution is 2.28. The molecule has 1 aliphatic heterocycles. The topological polar surface area (TPSA) is 74.2 Å². The van der Waals surface area contributed by atoms with Gasteiger partial charge in [-0.2, -0.15) is 0 Å². The number of aliphatic hydroxyl groups excluding tert-OH is 2. The number of methoxy groups -OCH3 is 1. The third kappa shape index (κ3) is 7.47. The molecule has 1 saturated heterocycles. The molecule has 1 atom stereocenters. The van der Waals surface area contributed by atoms with Crippen molar-refractivity contribution < 1.29 is 24.1 Å². The third-order valence-corrected chi connectivity index (χ3v) is 5.54. The Balaban J connectivity index is 1.43. The second-order valence-electron chi connectivity index (χ2n) is 8.00. The Morgan fingerprint density at radius 2 is 1.94 bits per heavy atom. The van der Waals surface area contributed by atoms with E-state index in [9.17, 15) is 14.6 Å². The van der Waals surface area contributed by atoms with Crippen molar-refractivity contribution in [1.29, 1.82) is 0 Å². The van der Waals surface area contributed by atoms with E-state index in [0.29, 0.717) is 43.1 Å². The van der Waals surface area contributed by atoms with E-state index in [1.165, 1.54) is 6.07 Å². The number of ether oxygens (including phenoxy) is 2. The van der Waals surface area contributed by atoms with Crippen LogP contribution in [-0.2, 0) is 13.0 Å². The first-order chi connectivity index (χ1) is 15.0. The molecule has 1 heterocycles. The molecule has 0 saturated carbocycles. The number of halogens is 1. The quantitative estimate of drug-likeness (QED) is 0.474. The molecule has 1 aliphatic rings. The molecular formula is C24H33FN2O4. The largest absolute Gasteiger partial charge is 0.493 e. The standard InChI is InChI=1S/C24H33FN2O4/c1-30-24-14-18(15-26-11-8-19-4-2-3-5-22(19)25)6-7-23(24)31-17-21(29)16-27-12-9-20(28)10-13-27/h2-7,14,20-21,26,28-29H,8-13,15-17H2,1H3/t21-/m1/s1. The van der Waals surface area contributed by atoms with Crippen molar-refractivity contribution in [2.75, 3.05) is 39.9 Å². The van der Waals surface area contributed by atoms with E-state index in [2.05, 4.69) is 10.2 Å². The maximum Gasteiger partial charge on any atom is 0.161 e. The van der Waals surface area contributed by atoms with Crippen LogP contribution in [0.4, 0.5) is 4.39 Å². The smallest absolute Gasteiger partial charge is 0.161 e.